The quantitative estimate of drug-likeness (QED) is 0.294. The first-order chi connectivity index (χ1) is 19.0. The highest BCUT2D eigenvalue weighted by Gasteiger charge is 2.35. The number of carbonyl (C=O) groups is 3. The van der Waals surface area contributed by atoms with Crippen LogP contribution in [-0.4, -0.2) is 35.3 Å². The molecule has 0 saturated carbocycles. The minimum atomic E-state index is -4.89. The molecule has 11 nitrogen and oxygen atoms in total. The van der Waals surface area contributed by atoms with Gasteiger partial charge in [0.25, 0.3) is 5.91 Å². The summed E-state index contributed by atoms with van der Waals surface area (Å²) in [6, 6.07) is 12.3. The van der Waals surface area contributed by atoms with Crippen LogP contribution in [0.3, 0.4) is 0 Å². The highest BCUT2D eigenvalue weighted by Crippen LogP contribution is 2.41. The predicted octanol–water partition coefficient (Wildman–Crippen LogP) is 5.39. The van der Waals surface area contributed by atoms with Crippen molar-refractivity contribution in [1.29, 1.82) is 10.5 Å². The van der Waals surface area contributed by atoms with E-state index in [4.69, 9.17) is 9.78 Å². The maximum atomic E-state index is 14.0. The van der Waals surface area contributed by atoms with Crippen LogP contribution in [-0.2, 0) is 10.9 Å². The second-order valence-corrected chi connectivity index (χ2v) is 8.04. The molecule has 0 aliphatic rings. The fraction of sp³-hybridized carbons (Fsp3) is 0.0769. The van der Waals surface area contributed by atoms with Crippen LogP contribution in [0.5, 0.6) is 0 Å². The number of benzene rings is 3. The zero-order chi connectivity index (χ0) is 29.2. The van der Waals surface area contributed by atoms with Crippen molar-refractivity contribution in [3.05, 3.63) is 76.5 Å². The number of nitrogens with one attached hydrogen (secondary N) is 2. The van der Waals surface area contributed by atoms with E-state index >= 15 is 0 Å². The minimum Gasteiger partial charge on any atom is -0.478 e. The molecule has 3 N–H and O–H groups in total. The average molecular weight is 549 g/mol. The lowest BCUT2D eigenvalue weighted by atomic mass is 9.93. The molecule has 0 saturated heterocycles. The zero-order valence-electron chi connectivity index (χ0n) is 20.1. The van der Waals surface area contributed by atoms with Gasteiger partial charge >= 0.3 is 18.2 Å². The molecule has 200 valence electrons. The largest absolute Gasteiger partial charge is 0.478 e. The number of carboxylic acid groups (broad SMARTS) is 1. The number of hydrogen-bond acceptors (Lipinski definition) is 8. The Hall–Kier alpha value is -5.89. The number of ether oxygens (including phenoxy) is 1. The monoisotopic (exact) mass is 549 g/mol. The van der Waals surface area contributed by atoms with Gasteiger partial charge in [-0.1, -0.05) is 11.2 Å². The van der Waals surface area contributed by atoms with Crippen LogP contribution in [0.25, 0.3) is 22.1 Å². The summed E-state index contributed by atoms with van der Waals surface area (Å²) < 4.78 is 51.4. The number of methoxy groups -OCH3 is 1. The number of nitriles is 2. The molecule has 4 rings (SSSR count). The summed E-state index contributed by atoms with van der Waals surface area (Å²) in [5, 5.41) is 36.3. The molecule has 0 aliphatic heterocycles. The number of amides is 2. The van der Waals surface area contributed by atoms with Gasteiger partial charge in [0.2, 0.25) is 0 Å². The summed E-state index contributed by atoms with van der Waals surface area (Å²) in [6.07, 6.45) is -5.87. The number of aromatic carboxylic acids is 1. The van der Waals surface area contributed by atoms with Crippen molar-refractivity contribution in [2.75, 3.05) is 17.7 Å². The summed E-state index contributed by atoms with van der Waals surface area (Å²) in [7, 11) is 1.05. The molecule has 0 bridgehead atoms. The maximum Gasteiger partial charge on any atom is 0.417 e. The first-order valence-corrected chi connectivity index (χ1v) is 11.0. The standard InChI is InChI=1S/C26H14F3N5O6/c1-39-25(38)32-14-3-4-15(19(8-14)26(27,28)29)16-9-21-18(7-13(16)11-31)22(34-40-21)23(35)33-20-5-2-12(10-30)6-17(20)24(36)37/h2-9H,1H3,(H,32,38)(H,33,35)(H,36,37). The number of rotatable bonds is 5. The first kappa shape index (κ1) is 27.2. The van der Waals surface area contributed by atoms with Crippen molar-refractivity contribution in [3.8, 4) is 23.3 Å². The summed E-state index contributed by atoms with van der Waals surface area (Å²) in [5.74, 6) is -2.35. The first-order valence-electron chi connectivity index (χ1n) is 11.0. The molecule has 0 spiro atoms. The molecule has 2 amide bonds. The Morgan fingerprint density at radius 3 is 2.38 bits per heavy atom. The van der Waals surface area contributed by atoms with Gasteiger partial charge in [-0.15, -0.1) is 0 Å². The van der Waals surface area contributed by atoms with Crippen molar-refractivity contribution < 1.29 is 41.9 Å². The average Bonchev–Trinajstić information content (AvgIpc) is 3.34. The van der Waals surface area contributed by atoms with Crippen LogP contribution < -0.4 is 10.6 Å². The smallest absolute Gasteiger partial charge is 0.417 e. The van der Waals surface area contributed by atoms with Crippen molar-refractivity contribution in [2.24, 2.45) is 0 Å². The van der Waals surface area contributed by atoms with Gasteiger partial charge in [0.15, 0.2) is 11.3 Å². The number of anilines is 2. The van der Waals surface area contributed by atoms with Gasteiger partial charge in [0, 0.05) is 11.3 Å². The second kappa shape index (κ2) is 10.5. The van der Waals surface area contributed by atoms with E-state index in [0.29, 0.717) is 6.07 Å². The Morgan fingerprint density at radius 2 is 1.75 bits per heavy atom. The molecule has 0 fully saturated rings. The molecule has 1 heterocycles. The third-order valence-corrected chi connectivity index (χ3v) is 5.62. The SMILES string of the molecule is COC(=O)Nc1ccc(-c2cc3onc(C(=O)Nc4ccc(C#N)cc4C(=O)O)c3cc2C#N)c(C(F)(F)F)c1. The highest BCUT2D eigenvalue weighted by atomic mass is 19.4. The van der Waals surface area contributed by atoms with E-state index in [1.54, 1.807) is 12.1 Å². The predicted molar refractivity (Wildman–Crippen MR) is 131 cm³/mol. The number of aromatic nitrogens is 1. The fourth-order valence-electron chi connectivity index (χ4n) is 3.81. The van der Waals surface area contributed by atoms with Gasteiger partial charge < -0.3 is 19.7 Å². The lowest BCUT2D eigenvalue weighted by molar-refractivity contribution is -0.137. The van der Waals surface area contributed by atoms with Gasteiger partial charge in [0.05, 0.1) is 52.6 Å². The van der Waals surface area contributed by atoms with E-state index in [1.165, 1.54) is 18.2 Å². The molecule has 40 heavy (non-hydrogen) atoms. The Kier molecular flexibility index (Phi) is 7.11. The molecule has 3 aromatic carbocycles. The van der Waals surface area contributed by atoms with Gasteiger partial charge in [-0.25, -0.2) is 9.59 Å². The van der Waals surface area contributed by atoms with Gasteiger partial charge in [-0.3, -0.25) is 10.1 Å². The second-order valence-electron chi connectivity index (χ2n) is 8.04. The van der Waals surface area contributed by atoms with Crippen molar-refractivity contribution in [2.45, 2.75) is 6.18 Å². The number of halogens is 3. The molecule has 0 atom stereocenters. The van der Waals surface area contributed by atoms with Crippen molar-refractivity contribution in [3.63, 3.8) is 0 Å². The zero-order valence-corrected chi connectivity index (χ0v) is 20.1. The maximum absolute atomic E-state index is 14.0. The summed E-state index contributed by atoms with van der Waals surface area (Å²) in [6.45, 7) is 0. The van der Waals surface area contributed by atoms with Gasteiger partial charge in [-0.2, -0.15) is 23.7 Å². The molecule has 14 heteroatoms. The van der Waals surface area contributed by atoms with Crippen LogP contribution in [0, 0.1) is 22.7 Å². The fourth-order valence-corrected chi connectivity index (χ4v) is 3.81. The molecule has 1 aromatic heterocycles. The minimum absolute atomic E-state index is 0.0270. The third-order valence-electron chi connectivity index (χ3n) is 5.62. The van der Waals surface area contributed by atoms with Crippen LogP contribution in [0.15, 0.2) is 53.1 Å². The van der Waals surface area contributed by atoms with Crippen LogP contribution in [0.2, 0.25) is 0 Å². The lowest BCUT2D eigenvalue weighted by Crippen LogP contribution is -2.15. The Balaban J connectivity index is 1.78. The molecular weight excluding hydrogens is 535 g/mol. The Labute approximate surface area is 222 Å². The number of carbonyl (C=O) groups excluding carboxylic acids is 2. The number of alkyl halides is 3. The topological polar surface area (TPSA) is 178 Å². The highest BCUT2D eigenvalue weighted by molar-refractivity contribution is 6.13. The normalized spacial score (nSPS) is 10.8. The molecule has 4 aromatic rings. The number of fused-ring (bicyclic) bond motifs is 1. The summed E-state index contributed by atoms with van der Waals surface area (Å²) in [5.41, 5.74) is -3.21. The number of nitrogens with zero attached hydrogens (tertiary/aromatic N) is 3. The van der Waals surface area contributed by atoms with E-state index < -0.39 is 35.3 Å². The number of carboxylic acids is 1. The number of hydrogen-bond donors (Lipinski definition) is 3. The Bertz CT molecular complexity index is 1780. The summed E-state index contributed by atoms with van der Waals surface area (Å²) >= 11 is 0. The van der Waals surface area contributed by atoms with E-state index in [1.807, 2.05) is 0 Å². The Morgan fingerprint density at radius 1 is 1.00 bits per heavy atom. The van der Waals surface area contributed by atoms with E-state index in [0.717, 1.165) is 31.4 Å². The molecular formula is C26H14F3N5O6. The third kappa shape index (κ3) is 5.23. The van der Waals surface area contributed by atoms with Crippen LogP contribution in [0.1, 0.15) is 37.5 Å². The van der Waals surface area contributed by atoms with Crippen LogP contribution >= 0.6 is 0 Å². The van der Waals surface area contributed by atoms with Gasteiger partial charge in [-0.05, 0) is 48.0 Å². The molecule has 0 unspecified atom stereocenters. The van der Waals surface area contributed by atoms with E-state index in [-0.39, 0.29) is 50.3 Å². The lowest BCUT2D eigenvalue weighted by Gasteiger charge is -2.16. The van der Waals surface area contributed by atoms with Crippen molar-refractivity contribution in [1.82, 2.24) is 5.16 Å². The van der Waals surface area contributed by atoms with E-state index in [9.17, 15) is 37.9 Å². The molecule has 0 radical (unpaired) electrons. The molecule has 0 aliphatic carbocycles. The van der Waals surface area contributed by atoms with Crippen molar-refractivity contribution >= 4 is 40.3 Å². The van der Waals surface area contributed by atoms with Gasteiger partial charge in [0.1, 0.15) is 0 Å². The van der Waals surface area contributed by atoms with Crippen LogP contribution in [0.4, 0.5) is 29.3 Å². The van der Waals surface area contributed by atoms with E-state index in [2.05, 4.69) is 20.5 Å². The summed E-state index contributed by atoms with van der Waals surface area (Å²) in [4.78, 5) is 36.0.